The smallest absolute Gasteiger partial charge is 0.274 e. The zero-order valence-electron chi connectivity index (χ0n) is 23.0. The largest absolute Gasteiger partial charge is 0.358 e. The third-order valence-electron chi connectivity index (χ3n) is 7.25. The van der Waals surface area contributed by atoms with E-state index in [1.165, 1.54) is 19.4 Å². The number of aromatic nitrogens is 6. The van der Waals surface area contributed by atoms with Gasteiger partial charge in [0.05, 0.1) is 6.33 Å². The lowest BCUT2D eigenvalue weighted by Gasteiger charge is -2.23. The second-order valence-corrected chi connectivity index (χ2v) is 10.1. The van der Waals surface area contributed by atoms with Crippen molar-refractivity contribution in [1.29, 1.82) is 0 Å². The molecule has 0 aliphatic carbocycles. The normalized spacial score (nSPS) is 15.2. The molecule has 4 aromatic heterocycles. The topological polar surface area (TPSA) is 120 Å². The second-order valence-electron chi connectivity index (χ2n) is 10.1. The van der Waals surface area contributed by atoms with Crippen LogP contribution < -0.4 is 10.6 Å². The van der Waals surface area contributed by atoms with Crippen LogP contribution in [0, 0.1) is 13.8 Å². The van der Waals surface area contributed by atoms with Crippen LogP contribution in [0.5, 0.6) is 0 Å². The zero-order chi connectivity index (χ0) is 29.2. The van der Waals surface area contributed by atoms with Gasteiger partial charge in [-0.3, -0.25) is 14.3 Å². The number of benzene rings is 1. The predicted molar refractivity (Wildman–Crippen MR) is 154 cm³/mol. The number of carbonyl (C=O) groups is 1. The molecule has 0 spiro atoms. The maximum Gasteiger partial charge on any atom is 0.274 e. The van der Waals surface area contributed by atoms with Crippen molar-refractivity contribution in [1.82, 2.24) is 29.5 Å². The van der Waals surface area contributed by atoms with Gasteiger partial charge in [0.25, 0.3) is 12.3 Å². The highest BCUT2D eigenvalue weighted by atomic mass is 19.3. The summed E-state index contributed by atoms with van der Waals surface area (Å²) in [5.74, 6) is -0.0551. The number of pyridine rings is 2. The first-order valence-corrected chi connectivity index (χ1v) is 13.6. The van der Waals surface area contributed by atoms with E-state index >= 15 is 0 Å². The van der Waals surface area contributed by atoms with E-state index in [4.69, 9.17) is 4.74 Å². The molecule has 1 aromatic carbocycles. The molecule has 1 aliphatic heterocycles. The van der Waals surface area contributed by atoms with Gasteiger partial charge in [-0.2, -0.15) is 0 Å². The lowest BCUT2D eigenvalue weighted by atomic mass is 10.1. The minimum absolute atomic E-state index is 0.0937. The number of nitrogens with zero attached hydrogens (tertiary/aromatic N) is 6. The van der Waals surface area contributed by atoms with Crippen LogP contribution in [0.3, 0.4) is 0 Å². The number of anilines is 3. The van der Waals surface area contributed by atoms with Gasteiger partial charge in [0, 0.05) is 41.5 Å². The summed E-state index contributed by atoms with van der Waals surface area (Å²) in [6.45, 7) is 4.15. The number of fused-ring (bicyclic) bond motifs is 1. The van der Waals surface area contributed by atoms with Gasteiger partial charge in [-0.25, -0.2) is 28.7 Å². The Morgan fingerprint density at radius 1 is 1.05 bits per heavy atom. The molecule has 1 fully saturated rings. The van der Waals surface area contributed by atoms with Crippen molar-refractivity contribution in [3.05, 3.63) is 83.8 Å². The Hall–Kier alpha value is -4.84. The van der Waals surface area contributed by atoms with Gasteiger partial charge >= 0.3 is 0 Å². The van der Waals surface area contributed by atoms with Gasteiger partial charge in [0.1, 0.15) is 35.3 Å². The van der Waals surface area contributed by atoms with Gasteiger partial charge in [0.2, 0.25) is 0 Å². The molecule has 214 valence electrons. The number of hydrogen-bond donors (Lipinski definition) is 2. The first-order chi connectivity index (χ1) is 20.4. The van der Waals surface area contributed by atoms with E-state index in [0.717, 1.165) is 36.5 Å². The van der Waals surface area contributed by atoms with E-state index in [1.54, 1.807) is 24.7 Å². The molecule has 6 rings (SSSR count). The summed E-state index contributed by atoms with van der Waals surface area (Å²) in [6, 6.07) is 10.2. The van der Waals surface area contributed by atoms with Gasteiger partial charge < -0.3 is 15.4 Å². The molecule has 0 bridgehead atoms. The molecule has 0 radical (unpaired) electrons. The average Bonchev–Trinajstić information content (AvgIpc) is 3.44. The molecule has 1 unspecified atom stereocenters. The van der Waals surface area contributed by atoms with Crippen molar-refractivity contribution in [2.24, 2.45) is 0 Å². The van der Waals surface area contributed by atoms with Gasteiger partial charge in [-0.05, 0) is 74.6 Å². The van der Waals surface area contributed by atoms with Crippen LogP contribution in [0.25, 0.3) is 22.4 Å². The lowest BCUT2D eigenvalue weighted by Crippen LogP contribution is -2.17. The van der Waals surface area contributed by atoms with E-state index in [-0.39, 0.29) is 17.5 Å². The molecule has 1 amide bonds. The van der Waals surface area contributed by atoms with E-state index in [9.17, 15) is 13.6 Å². The number of ether oxygens (including phenoxy) is 1. The molecule has 0 saturated carbocycles. The number of alkyl halides is 2. The van der Waals surface area contributed by atoms with Crippen LogP contribution >= 0.6 is 0 Å². The summed E-state index contributed by atoms with van der Waals surface area (Å²) in [5, 5.41) is 6.11. The summed E-state index contributed by atoms with van der Waals surface area (Å²) < 4.78 is 34.6. The molecule has 1 saturated heterocycles. The van der Waals surface area contributed by atoms with Crippen LogP contribution in [0.2, 0.25) is 0 Å². The molecule has 1 atom stereocenters. The van der Waals surface area contributed by atoms with E-state index < -0.39 is 12.3 Å². The van der Waals surface area contributed by atoms with Crippen LogP contribution in [0.15, 0.2) is 61.4 Å². The monoisotopic (exact) mass is 570 g/mol. The molecule has 12 heteroatoms. The Labute approximate surface area is 240 Å². The highest BCUT2D eigenvalue weighted by molar-refractivity contribution is 6.03. The highest BCUT2D eigenvalue weighted by Gasteiger charge is 2.22. The van der Waals surface area contributed by atoms with E-state index in [0.29, 0.717) is 46.2 Å². The SMILES string of the molecule is Cc1ccc(NC(=O)c2cc(C(F)F)c(C)cn2)cc1Nc1ncccc1-c1ncnc2c1ncn2C1CCCCO1. The van der Waals surface area contributed by atoms with Gasteiger partial charge in [-0.1, -0.05) is 6.07 Å². The van der Waals surface area contributed by atoms with Crippen molar-refractivity contribution in [2.45, 2.75) is 45.8 Å². The van der Waals surface area contributed by atoms with E-state index in [1.807, 2.05) is 29.7 Å². The van der Waals surface area contributed by atoms with Crippen molar-refractivity contribution < 1.29 is 18.3 Å². The van der Waals surface area contributed by atoms with Crippen molar-refractivity contribution >= 4 is 34.3 Å². The minimum atomic E-state index is -2.70. The molecule has 1 aliphatic rings. The number of hydrogen-bond acceptors (Lipinski definition) is 8. The number of amides is 1. The standard InChI is InChI=1S/C30H28F2N8O2/c1-17-8-9-19(38-30(41)23-13-21(27(31)32)18(2)14-34-23)12-22(17)39-28-20(6-5-10-33-28)25-26-29(36-15-35-25)40(16-37-26)24-7-3-4-11-42-24/h5-6,8-10,12-16,24,27H,3-4,7,11H2,1-2H3,(H,33,39)(H,38,41). The Balaban J connectivity index is 1.29. The molecule has 5 heterocycles. The van der Waals surface area contributed by atoms with Crippen molar-refractivity contribution in [3.63, 3.8) is 0 Å². The fraction of sp³-hybridized carbons (Fsp3) is 0.267. The fourth-order valence-electron chi connectivity index (χ4n) is 4.95. The first kappa shape index (κ1) is 27.3. The Morgan fingerprint density at radius 3 is 2.74 bits per heavy atom. The molecular weight excluding hydrogens is 542 g/mol. The van der Waals surface area contributed by atoms with Crippen LogP contribution in [0.4, 0.5) is 26.0 Å². The summed E-state index contributed by atoms with van der Waals surface area (Å²) in [4.78, 5) is 35.1. The molecular formula is C30H28F2N8O2. The Morgan fingerprint density at radius 2 is 1.93 bits per heavy atom. The maximum absolute atomic E-state index is 13.3. The van der Waals surface area contributed by atoms with E-state index in [2.05, 4.69) is 35.6 Å². The number of carbonyl (C=O) groups excluding carboxylic acids is 1. The van der Waals surface area contributed by atoms with Crippen LogP contribution in [0.1, 0.15) is 59.1 Å². The molecule has 42 heavy (non-hydrogen) atoms. The quantitative estimate of drug-likeness (QED) is 0.227. The predicted octanol–water partition coefficient (Wildman–Crippen LogP) is 6.53. The molecule has 10 nitrogen and oxygen atoms in total. The van der Waals surface area contributed by atoms with Crippen molar-refractivity contribution in [3.8, 4) is 11.3 Å². The Bertz CT molecular complexity index is 1770. The minimum Gasteiger partial charge on any atom is -0.358 e. The number of nitrogens with one attached hydrogen (secondary N) is 2. The number of aryl methyl sites for hydroxylation is 2. The summed E-state index contributed by atoms with van der Waals surface area (Å²) in [5.41, 5.74) is 4.70. The van der Waals surface area contributed by atoms with Gasteiger partial charge in [0.15, 0.2) is 5.65 Å². The summed E-state index contributed by atoms with van der Waals surface area (Å²) in [7, 11) is 0. The fourth-order valence-corrected chi connectivity index (χ4v) is 4.95. The summed E-state index contributed by atoms with van der Waals surface area (Å²) in [6.07, 6.45) is 6.39. The number of halogens is 2. The van der Waals surface area contributed by atoms with Gasteiger partial charge in [-0.15, -0.1) is 0 Å². The summed E-state index contributed by atoms with van der Waals surface area (Å²) >= 11 is 0. The number of rotatable bonds is 7. The average molecular weight is 571 g/mol. The Kier molecular flexibility index (Phi) is 7.53. The molecule has 5 aromatic rings. The maximum atomic E-state index is 13.3. The zero-order valence-corrected chi connectivity index (χ0v) is 23.0. The lowest BCUT2D eigenvalue weighted by molar-refractivity contribution is -0.0298. The molecule has 2 N–H and O–H groups in total. The van der Waals surface area contributed by atoms with Crippen LogP contribution in [-0.2, 0) is 4.74 Å². The second kappa shape index (κ2) is 11.6. The van der Waals surface area contributed by atoms with Crippen molar-refractivity contribution in [2.75, 3.05) is 17.2 Å². The van der Waals surface area contributed by atoms with Crippen LogP contribution in [-0.4, -0.2) is 42.0 Å². The number of imidazole rings is 1. The third kappa shape index (κ3) is 5.40. The first-order valence-electron chi connectivity index (χ1n) is 13.6. The highest BCUT2D eigenvalue weighted by Crippen LogP contribution is 2.34. The third-order valence-corrected chi connectivity index (χ3v) is 7.25.